The Morgan fingerprint density at radius 3 is 2.55 bits per heavy atom. The van der Waals surface area contributed by atoms with Crippen LogP contribution in [0.3, 0.4) is 0 Å². The smallest absolute Gasteiger partial charge is 0.256 e. The standard InChI is InChI=1S/C16H20N2O2/c19-15-12-7-3-4-8-14(12)17-16(20)13(15)11-18-9-5-1-2-6-10-18/h3-4,7-8H,1-2,5-6,9-11H2,(H2,17,19,20). The molecule has 2 aromatic rings. The number of fused-ring (bicyclic) bond motifs is 1. The molecule has 0 amide bonds. The number of H-pyrrole nitrogens is 1. The van der Waals surface area contributed by atoms with Gasteiger partial charge in [0.05, 0.1) is 11.1 Å². The normalized spacial score (nSPS) is 17.2. The minimum Gasteiger partial charge on any atom is -0.507 e. The lowest BCUT2D eigenvalue weighted by Crippen LogP contribution is -2.28. The maximum absolute atomic E-state index is 12.2. The molecular formula is C16H20N2O2. The predicted molar refractivity (Wildman–Crippen MR) is 80.0 cm³/mol. The third-order valence-corrected chi connectivity index (χ3v) is 4.07. The van der Waals surface area contributed by atoms with Crippen LogP contribution in [0.4, 0.5) is 0 Å². The Morgan fingerprint density at radius 2 is 1.80 bits per heavy atom. The van der Waals surface area contributed by atoms with Crippen LogP contribution in [0.5, 0.6) is 5.75 Å². The van der Waals surface area contributed by atoms with Crippen LogP contribution in [-0.4, -0.2) is 28.1 Å². The molecule has 3 rings (SSSR count). The molecule has 20 heavy (non-hydrogen) atoms. The Bertz CT molecular complexity index is 655. The number of aromatic amines is 1. The number of hydrogen-bond acceptors (Lipinski definition) is 3. The largest absolute Gasteiger partial charge is 0.507 e. The Morgan fingerprint density at radius 1 is 1.10 bits per heavy atom. The van der Waals surface area contributed by atoms with Crippen LogP contribution in [0, 0.1) is 0 Å². The number of hydrogen-bond donors (Lipinski definition) is 2. The fourth-order valence-corrected chi connectivity index (χ4v) is 2.93. The zero-order chi connectivity index (χ0) is 13.9. The van der Waals surface area contributed by atoms with Gasteiger partial charge < -0.3 is 10.1 Å². The summed E-state index contributed by atoms with van der Waals surface area (Å²) < 4.78 is 0. The van der Waals surface area contributed by atoms with E-state index in [1.807, 2.05) is 24.3 Å². The molecule has 0 aliphatic carbocycles. The van der Waals surface area contributed by atoms with E-state index in [0.29, 0.717) is 17.6 Å². The second-order valence-electron chi connectivity index (χ2n) is 5.52. The van der Waals surface area contributed by atoms with Gasteiger partial charge in [0.25, 0.3) is 5.56 Å². The average molecular weight is 272 g/mol. The van der Waals surface area contributed by atoms with E-state index in [2.05, 4.69) is 9.88 Å². The second kappa shape index (κ2) is 5.67. The number of para-hydroxylation sites is 1. The van der Waals surface area contributed by atoms with E-state index in [0.717, 1.165) is 18.5 Å². The lowest BCUT2D eigenvalue weighted by atomic mass is 10.1. The fourth-order valence-electron chi connectivity index (χ4n) is 2.93. The van der Waals surface area contributed by atoms with Crippen molar-refractivity contribution >= 4 is 10.9 Å². The topological polar surface area (TPSA) is 56.3 Å². The molecule has 106 valence electrons. The first-order chi connectivity index (χ1) is 9.75. The van der Waals surface area contributed by atoms with Crippen LogP contribution in [0.25, 0.3) is 10.9 Å². The monoisotopic (exact) mass is 272 g/mol. The Kier molecular flexibility index (Phi) is 3.74. The first-order valence-electron chi connectivity index (χ1n) is 7.31. The van der Waals surface area contributed by atoms with Crippen molar-refractivity contribution in [1.82, 2.24) is 9.88 Å². The summed E-state index contributed by atoms with van der Waals surface area (Å²) in [6.07, 6.45) is 4.87. The van der Waals surface area contributed by atoms with E-state index >= 15 is 0 Å². The maximum Gasteiger partial charge on any atom is 0.256 e. The number of nitrogens with one attached hydrogen (secondary N) is 1. The van der Waals surface area contributed by atoms with Gasteiger partial charge in [0.15, 0.2) is 0 Å². The predicted octanol–water partition coefficient (Wildman–Crippen LogP) is 2.61. The van der Waals surface area contributed by atoms with E-state index in [1.54, 1.807) is 0 Å². The molecule has 1 saturated heterocycles. The molecule has 1 aliphatic heterocycles. The number of nitrogens with zero attached hydrogens (tertiary/aromatic N) is 1. The van der Waals surface area contributed by atoms with Crippen LogP contribution >= 0.6 is 0 Å². The van der Waals surface area contributed by atoms with Crippen molar-refractivity contribution in [2.45, 2.75) is 32.2 Å². The van der Waals surface area contributed by atoms with E-state index in [9.17, 15) is 9.90 Å². The first-order valence-corrected chi connectivity index (χ1v) is 7.31. The molecule has 1 aromatic heterocycles. The summed E-state index contributed by atoms with van der Waals surface area (Å²) in [6, 6.07) is 7.38. The number of pyridine rings is 1. The molecule has 0 saturated carbocycles. The van der Waals surface area contributed by atoms with Crippen LogP contribution in [0.2, 0.25) is 0 Å². The van der Waals surface area contributed by atoms with Crippen molar-refractivity contribution in [1.29, 1.82) is 0 Å². The minimum absolute atomic E-state index is 0.133. The molecule has 0 unspecified atom stereocenters. The lowest BCUT2D eigenvalue weighted by molar-refractivity contribution is 0.272. The van der Waals surface area contributed by atoms with Gasteiger partial charge in [-0.2, -0.15) is 0 Å². The van der Waals surface area contributed by atoms with E-state index in [-0.39, 0.29) is 11.3 Å². The Balaban J connectivity index is 1.96. The number of rotatable bonds is 2. The summed E-state index contributed by atoms with van der Waals surface area (Å²) in [5, 5.41) is 11.1. The molecule has 4 nitrogen and oxygen atoms in total. The highest BCUT2D eigenvalue weighted by atomic mass is 16.3. The second-order valence-corrected chi connectivity index (χ2v) is 5.52. The number of aromatic hydroxyl groups is 1. The third-order valence-electron chi connectivity index (χ3n) is 4.07. The van der Waals surface area contributed by atoms with Gasteiger partial charge in [0.2, 0.25) is 0 Å². The number of aromatic nitrogens is 1. The molecule has 0 bridgehead atoms. The molecule has 2 N–H and O–H groups in total. The van der Waals surface area contributed by atoms with Crippen LogP contribution in [-0.2, 0) is 6.54 Å². The number of likely N-dealkylation sites (tertiary alicyclic amines) is 1. The SMILES string of the molecule is O=c1[nH]c2ccccc2c(O)c1CN1CCCCCC1. The van der Waals surface area contributed by atoms with Crippen LogP contribution < -0.4 is 5.56 Å². The van der Waals surface area contributed by atoms with E-state index in [4.69, 9.17) is 0 Å². The quantitative estimate of drug-likeness (QED) is 0.883. The summed E-state index contributed by atoms with van der Waals surface area (Å²) in [5.41, 5.74) is 1.01. The molecule has 0 atom stereocenters. The van der Waals surface area contributed by atoms with Gasteiger partial charge in [-0.15, -0.1) is 0 Å². The average Bonchev–Trinajstić information content (AvgIpc) is 2.72. The van der Waals surface area contributed by atoms with Crippen molar-refractivity contribution in [3.8, 4) is 5.75 Å². The van der Waals surface area contributed by atoms with E-state index in [1.165, 1.54) is 25.7 Å². The molecule has 1 aliphatic rings. The highest BCUT2D eigenvalue weighted by Gasteiger charge is 2.16. The van der Waals surface area contributed by atoms with Crippen molar-refractivity contribution in [3.05, 3.63) is 40.2 Å². The van der Waals surface area contributed by atoms with Gasteiger partial charge in [-0.1, -0.05) is 25.0 Å². The summed E-state index contributed by atoms with van der Waals surface area (Å²) in [6.45, 7) is 2.55. The van der Waals surface area contributed by atoms with Gasteiger partial charge in [-0.05, 0) is 38.1 Å². The molecular weight excluding hydrogens is 252 g/mol. The van der Waals surface area contributed by atoms with Gasteiger partial charge in [0.1, 0.15) is 5.75 Å². The van der Waals surface area contributed by atoms with Gasteiger partial charge >= 0.3 is 0 Å². The summed E-state index contributed by atoms with van der Waals surface area (Å²) >= 11 is 0. The molecule has 0 spiro atoms. The van der Waals surface area contributed by atoms with Gasteiger partial charge in [0, 0.05) is 11.9 Å². The highest BCUT2D eigenvalue weighted by molar-refractivity contribution is 5.85. The van der Waals surface area contributed by atoms with Crippen LogP contribution in [0.15, 0.2) is 29.1 Å². The third kappa shape index (κ3) is 2.56. The first kappa shape index (κ1) is 13.2. The van der Waals surface area contributed by atoms with E-state index < -0.39 is 0 Å². The van der Waals surface area contributed by atoms with Crippen molar-refractivity contribution in [2.24, 2.45) is 0 Å². The summed E-state index contributed by atoms with van der Waals surface area (Å²) in [4.78, 5) is 17.3. The fraction of sp³-hybridized carbons (Fsp3) is 0.438. The zero-order valence-corrected chi connectivity index (χ0v) is 11.6. The van der Waals surface area contributed by atoms with Gasteiger partial charge in [-0.3, -0.25) is 9.69 Å². The molecule has 4 heteroatoms. The van der Waals surface area contributed by atoms with Gasteiger partial charge in [-0.25, -0.2) is 0 Å². The molecule has 2 heterocycles. The lowest BCUT2D eigenvalue weighted by Gasteiger charge is -2.20. The molecule has 1 aromatic carbocycles. The molecule has 1 fully saturated rings. The Labute approximate surface area is 118 Å². The molecule has 0 radical (unpaired) electrons. The van der Waals surface area contributed by atoms with Crippen molar-refractivity contribution in [3.63, 3.8) is 0 Å². The summed E-state index contributed by atoms with van der Waals surface area (Å²) in [5.74, 6) is 0.133. The highest BCUT2D eigenvalue weighted by Crippen LogP contribution is 2.25. The number of benzene rings is 1. The van der Waals surface area contributed by atoms with Crippen molar-refractivity contribution in [2.75, 3.05) is 13.1 Å². The van der Waals surface area contributed by atoms with Crippen molar-refractivity contribution < 1.29 is 5.11 Å². The summed E-state index contributed by atoms with van der Waals surface area (Å²) in [7, 11) is 0. The Hall–Kier alpha value is -1.81. The zero-order valence-electron chi connectivity index (χ0n) is 11.6. The maximum atomic E-state index is 12.2. The van der Waals surface area contributed by atoms with Crippen LogP contribution in [0.1, 0.15) is 31.2 Å². The minimum atomic E-state index is -0.176.